The Balaban J connectivity index is 0.887. The van der Waals surface area contributed by atoms with Crippen LogP contribution in [0, 0.1) is 0 Å². The lowest BCUT2D eigenvalue weighted by molar-refractivity contribution is -0.140. The molecular formula is C42H36N8O6S. The highest BCUT2D eigenvalue weighted by Gasteiger charge is 2.31. The van der Waals surface area contributed by atoms with Gasteiger partial charge in [-0.1, -0.05) is 11.3 Å². The second-order valence-corrected chi connectivity index (χ2v) is 15.2. The first kappa shape index (κ1) is 35.8. The van der Waals surface area contributed by atoms with Crippen molar-refractivity contribution in [2.75, 3.05) is 48.0 Å². The number of carbonyl (C=O) groups is 4. The molecule has 0 saturated carbocycles. The largest absolute Gasteiger partial charge is 0.477 e. The molecule has 0 saturated heterocycles. The molecule has 7 aromatic rings. The average Bonchev–Trinajstić information content (AvgIpc) is 4.05. The van der Waals surface area contributed by atoms with E-state index in [9.17, 15) is 24.3 Å². The van der Waals surface area contributed by atoms with Crippen LogP contribution in [0.4, 0.5) is 27.9 Å². The molecule has 0 aliphatic carbocycles. The van der Waals surface area contributed by atoms with Crippen molar-refractivity contribution in [1.29, 1.82) is 0 Å². The van der Waals surface area contributed by atoms with Gasteiger partial charge in [0.15, 0.2) is 0 Å². The van der Waals surface area contributed by atoms with E-state index in [1.54, 1.807) is 21.9 Å². The Morgan fingerprint density at radius 3 is 2.14 bits per heavy atom. The normalized spacial score (nSPS) is 13.6. The lowest BCUT2D eigenvalue weighted by atomic mass is 10.1. The molecule has 0 unspecified atom stereocenters. The minimum atomic E-state index is -1.03. The first-order valence-electron chi connectivity index (χ1n) is 18.5. The van der Waals surface area contributed by atoms with Crippen molar-refractivity contribution in [3.63, 3.8) is 0 Å². The Labute approximate surface area is 329 Å². The Morgan fingerprint density at radius 1 is 0.825 bits per heavy atom. The minimum absolute atomic E-state index is 0.118. The SMILES string of the molecule is CC(=O)OCCCN(C)c1ccc(N=Nc2nc3ccc(C(=O)N4CCc5c4ccc4[nH]c(C(=O)N6CCc7c6ccc6[nH]c(C(=O)O)cc76)cc54)cc3s2)cc1. The summed E-state index contributed by atoms with van der Waals surface area (Å²) < 4.78 is 5.84. The number of nitrogens with one attached hydrogen (secondary N) is 2. The maximum Gasteiger partial charge on any atom is 0.352 e. The van der Waals surface area contributed by atoms with Gasteiger partial charge in [-0.05, 0) is 109 Å². The van der Waals surface area contributed by atoms with Gasteiger partial charge in [-0.25, -0.2) is 9.78 Å². The van der Waals surface area contributed by atoms with Crippen LogP contribution >= 0.6 is 11.3 Å². The van der Waals surface area contributed by atoms with Gasteiger partial charge >= 0.3 is 11.9 Å². The van der Waals surface area contributed by atoms with E-state index in [0.717, 1.165) is 73.2 Å². The number of hydrogen-bond donors (Lipinski definition) is 3. The Hall–Kier alpha value is -6.87. The second kappa shape index (κ2) is 14.3. The number of nitrogens with zero attached hydrogens (tertiary/aromatic N) is 6. The highest BCUT2D eigenvalue weighted by Crippen LogP contribution is 2.39. The zero-order chi connectivity index (χ0) is 39.4. The van der Waals surface area contributed by atoms with Gasteiger partial charge in [-0.3, -0.25) is 14.4 Å². The number of ether oxygens (including phenoxy) is 1. The summed E-state index contributed by atoms with van der Waals surface area (Å²) in [5.41, 5.74) is 8.64. The molecule has 0 bridgehead atoms. The number of esters is 1. The second-order valence-electron chi connectivity index (χ2n) is 14.1. The Kier molecular flexibility index (Phi) is 9.00. The fraction of sp³-hybridized carbons (Fsp3) is 0.214. The highest BCUT2D eigenvalue weighted by atomic mass is 32.1. The zero-order valence-electron chi connectivity index (χ0n) is 31.0. The molecule has 9 rings (SSSR count). The number of aromatic carboxylic acids is 1. The lowest BCUT2D eigenvalue weighted by Crippen LogP contribution is -2.29. The van der Waals surface area contributed by atoms with Gasteiger partial charge in [0, 0.05) is 78.0 Å². The molecular weight excluding hydrogens is 745 g/mol. The van der Waals surface area contributed by atoms with Crippen LogP contribution in [0.15, 0.2) is 89.1 Å². The number of carbonyl (C=O) groups excluding carboxylic acids is 3. The van der Waals surface area contributed by atoms with Gasteiger partial charge in [-0.15, -0.1) is 10.2 Å². The van der Waals surface area contributed by atoms with Crippen LogP contribution in [0.1, 0.15) is 55.8 Å². The average molecular weight is 781 g/mol. The van der Waals surface area contributed by atoms with E-state index in [-0.39, 0.29) is 23.5 Å². The molecule has 5 heterocycles. The van der Waals surface area contributed by atoms with E-state index in [1.165, 1.54) is 18.3 Å². The fourth-order valence-electron chi connectivity index (χ4n) is 7.79. The van der Waals surface area contributed by atoms with Crippen LogP contribution in [0.25, 0.3) is 32.0 Å². The summed E-state index contributed by atoms with van der Waals surface area (Å²) in [5, 5.41) is 20.4. The quantitative estimate of drug-likeness (QED) is 0.0707. The van der Waals surface area contributed by atoms with Gasteiger partial charge in [0.1, 0.15) is 11.4 Å². The van der Waals surface area contributed by atoms with Gasteiger partial charge in [0.2, 0.25) is 5.13 Å². The monoisotopic (exact) mass is 780 g/mol. The number of azo groups is 1. The molecule has 3 N–H and O–H groups in total. The molecule has 2 aliphatic heterocycles. The molecule has 15 heteroatoms. The number of carboxylic acids is 1. The molecule has 4 aromatic carbocycles. The molecule has 0 fully saturated rings. The number of aromatic nitrogens is 3. The maximum absolute atomic E-state index is 14.0. The number of H-pyrrole nitrogens is 2. The third kappa shape index (κ3) is 6.65. The molecule has 14 nitrogen and oxygen atoms in total. The summed E-state index contributed by atoms with van der Waals surface area (Å²) in [6.45, 7) is 3.53. The molecule has 2 aliphatic rings. The van der Waals surface area contributed by atoms with E-state index in [4.69, 9.17) is 4.74 Å². The van der Waals surface area contributed by atoms with Crippen LogP contribution in [-0.2, 0) is 22.4 Å². The summed E-state index contributed by atoms with van der Waals surface area (Å²) >= 11 is 1.36. The van der Waals surface area contributed by atoms with Crippen molar-refractivity contribution in [3.05, 3.63) is 107 Å². The summed E-state index contributed by atoms with van der Waals surface area (Å²) in [7, 11) is 1.98. The number of thiazole rings is 1. The van der Waals surface area contributed by atoms with Crippen molar-refractivity contribution in [2.24, 2.45) is 10.2 Å². The van der Waals surface area contributed by atoms with Crippen molar-refractivity contribution >= 4 is 95.0 Å². The summed E-state index contributed by atoms with van der Waals surface area (Å²) in [5.74, 6) is -1.59. The number of fused-ring (bicyclic) bond motifs is 7. The highest BCUT2D eigenvalue weighted by molar-refractivity contribution is 7.21. The van der Waals surface area contributed by atoms with Gasteiger partial charge in [-0.2, -0.15) is 0 Å². The smallest absolute Gasteiger partial charge is 0.352 e. The Bertz CT molecular complexity index is 2800. The predicted molar refractivity (Wildman–Crippen MR) is 219 cm³/mol. The first-order valence-corrected chi connectivity index (χ1v) is 19.4. The predicted octanol–water partition coefficient (Wildman–Crippen LogP) is 8.17. The zero-order valence-corrected chi connectivity index (χ0v) is 31.9. The lowest BCUT2D eigenvalue weighted by Gasteiger charge is -2.19. The number of hydrogen-bond acceptors (Lipinski definition) is 10. The minimum Gasteiger partial charge on any atom is -0.477 e. The van der Waals surface area contributed by atoms with Crippen LogP contribution in [0.5, 0.6) is 0 Å². The number of anilines is 3. The third-order valence-electron chi connectivity index (χ3n) is 10.6. The van der Waals surface area contributed by atoms with Gasteiger partial charge < -0.3 is 34.5 Å². The van der Waals surface area contributed by atoms with Crippen LogP contribution in [-0.4, -0.2) is 77.1 Å². The van der Waals surface area contributed by atoms with Crippen molar-refractivity contribution in [3.8, 4) is 0 Å². The summed E-state index contributed by atoms with van der Waals surface area (Å²) in [4.78, 5) is 66.8. The summed E-state index contributed by atoms with van der Waals surface area (Å²) in [6, 6.07) is 24.2. The number of benzene rings is 4. The maximum atomic E-state index is 14.0. The third-order valence-corrected chi connectivity index (χ3v) is 11.5. The number of carboxylic acid groups (broad SMARTS) is 1. The van der Waals surface area contributed by atoms with E-state index < -0.39 is 5.97 Å². The standard InChI is InChI=1S/C42H36N8O6S/c1-23(51)56-19-3-16-48(2)26-7-5-25(6-8-26)46-47-42-45-33-9-4-24(20-38(33)57-42)39(52)49-17-14-27-29-21-34(43-31(29)10-12-36(27)49)40(53)50-18-15-28-30-22-35(41(54)55)44-32(30)11-13-37(28)50/h4-13,20-22,43-44H,3,14-19H2,1-2H3,(H,54,55). The number of aromatic amines is 2. The van der Waals surface area contributed by atoms with E-state index >= 15 is 0 Å². The number of rotatable bonds is 10. The molecule has 0 spiro atoms. The van der Waals surface area contributed by atoms with Crippen LogP contribution in [0.3, 0.4) is 0 Å². The van der Waals surface area contributed by atoms with Crippen molar-refractivity contribution in [2.45, 2.75) is 26.2 Å². The fourth-order valence-corrected chi connectivity index (χ4v) is 8.61. The van der Waals surface area contributed by atoms with E-state index in [1.807, 2.05) is 73.8 Å². The molecule has 57 heavy (non-hydrogen) atoms. The van der Waals surface area contributed by atoms with Gasteiger partial charge in [0.05, 0.1) is 22.5 Å². The molecule has 0 radical (unpaired) electrons. The van der Waals surface area contributed by atoms with Crippen LogP contribution in [0.2, 0.25) is 0 Å². The molecule has 286 valence electrons. The Morgan fingerprint density at radius 2 is 1.47 bits per heavy atom. The number of amides is 2. The molecule has 2 amide bonds. The first-order chi connectivity index (χ1) is 27.6. The topological polar surface area (TPSA) is 177 Å². The summed E-state index contributed by atoms with van der Waals surface area (Å²) in [6.07, 6.45) is 2.00. The van der Waals surface area contributed by atoms with Crippen molar-refractivity contribution in [1.82, 2.24) is 15.0 Å². The van der Waals surface area contributed by atoms with Crippen molar-refractivity contribution < 1.29 is 29.0 Å². The molecule has 0 atom stereocenters. The van der Waals surface area contributed by atoms with E-state index in [2.05, 4.69) is 30.1 Å². The van der Waals surface area contributed by atoms with Crippen LogP contribution < -0.4 is 14.7 Å². The van der Waals surface area contributed by atoms with Gasteiger partial charge in [0.25, 0.3) is 11.8 Å². The van der Waals surface area contributed by atoms with E-state index in [0.29, 0.717) is 54.6 Å². The molecule has 3 aromatic heterocycles.